The van der Waals surface area contributed by atoms with Crippen LogP contribution in [0, 0.1) is 0 Å². The van der Waals surface area contributed by atoms with Crippen LogP contribution in [0.4, 0.5) is 0 Å². The van der Waals surface area contributed by atoms with Gasteiger partial charge in [-0.3, -0.25) is 4.79 Å². The predicted octanol–water partition coefficient (Wildman–Crippen LogP) is 2.79. The van der Waals surface area contributed by atoms with Gasteiger partial charge in [0.1, 0.15) is 5.75 Å². The van der Waals surface area contributed by atoms with Crippen molar-refractivity contribution in [1.29, 1.82) is 0 Å². The van der Waals surface area contributed by atoms with E-state index in [1.807, 2.05) is 36.4 Å². The number of hydrogen-bond acceptors (Lipinski definition) is 5. The molecule has 0 fully saturated rings. The van der Waals surface area contributed by atoms with Gasteiger partial charge in [-0.15, -0.1) is 0 Å². The van der Waals surface area contributed by atoms with E-state index in [1.165, 1.54) is 0 Å². The largest absolute Gasteiger partial charge is 0.497 e. The number of rotatable bonds is 4. The van der Waals surface area contributed by atoms with Crippen molar-refractivity contribution < 1.29 is 14.2 Å². The van der Waals surface area contributed by atoms with Gasteiger partial charge >= 0.3 is 0 Å². The second-order valence-corrected chi connectivity index (χ2v) is 6.55. The summed E-state index contributed by atoms with van der Waals surface area (Å²) in [5.41, 5.74) is 3.52. The topological polar surface area (TPSA) is 72.6 Å². The van der Waals surface area contributed by atoms with Crippen LogP contribution in [0.25, 0.3) is 10.9 Å². The van der Waals surface area contributed by atoms with Crippen LogP contribution >= 0.6 is 0 Å². The number of H-pyrrole nitrogens is 1. The van der Waals surface area contributed by atoms with Crippen molar-refractivity contribution in [1.82, 2.24) is 10.3 Å². The Morgan fingerprint density at radius 2 is 1.70 bits per heavy atom. The van der Waals surface area contributed by atoms with Gasteiger partial charge in [0.15, 0.2) is 11.5 Å². The highest BCUT2D eigenvalue weighted by molar-refractivity contribution is 5.80. The molecule has 6 heteroatoms. The van der Waals surface area contributed by atoms with Crippen molar-refractivity contribution in [3.8, 4) is 17.2 Å². The molecular formula is C21H22N2O4. The molecule has 0 spiro atoms. The van der Waals surface area contributed by atoms with Crippen LogP contribution in [-0.2, 0) is 6.42 Å². The van der Waals surface area contributed by atoms with Crippen LogP contribution < -0.4 is 25.1 Å². The summed E-state index contributed by atoms with van der Waals surface area (Å²) in [5.74, 6) is 2.08. The lowest BCUT2D eigenvalue weighted by atomic mass is 9.89. The molecule has 0 aliphatic carbocycles. The van der Waals surface area contributed by atoms with Crippen LogP contribution in [0.2, 0.25) is 0 Å². The van der Waals surface area contributed by atoms with E-state index in [2.05, 4.69) is 10.3 Å². The fraction of sp³-hybridized carbons (Fsp3) is 0.286. The van der Waals surface area contributed by atoms with Crippen molar-refractivity contribution in [2.75, 3.05) is 27.9 Å². The Bertz CT molecular complexity index is 1060. The lowest BCUT2D eigenvalue weighted by Gasteiger charge is -2.28. The minimum atomic E-state index is -0.205. The number of aromatic amines is 1. The number of hydrogen-bond donors (Lipinski definition) is 2. The minimum absolute atomic E-state index is 0.115. The highest BCUT2D eigenvalue weighted by Crippen LogP contribution is 2.37. The molecule has 140 valence electrons. The Hall–Kier alpha value is -2.99. The zero-order chi connectivity index (χ0) is 19.0. The summed E-state index contributed by atoms with van der Waals surface area (Å²) >= 11 is 0. The molecule has 0 bridgehead atoms. The maximum Gasteiger partial charge on any atom is 0.253 e. The number of pyridine rings is 1. The average molecular weight is 366 g/mol. The lowest BCUT2D eigenvalue weighted by Crippen LogP contribution is -2.34. The van der Waals surface area contributed by atoms with E-state index >= 15 is 0 Å². The van der Waals surface area contributed by atoms with Gasteiger partial charge in [0, 0.05) is 18.2 Å². The summed E-state index contributed by atoms with van der Waals surface area (Å²) in [6, 6.07) is 11.4. The van der Waals surface area contributed by atoms with E-state index in [1.54, 1.807) is 21.3 Å². The maximum atomic E-state index is 12.8. The first-order chi connectivity index (χ1) is 13.1. The molecule has 27 heavy (non-hydrogen) atoms. The molecule has 2 heterocycles. The quantitative estimate of drug-likeness (QED) is 0.743. The lowest BCUT2D eigenvalue weighted by molar-refractivity contribution is 0.353. The van der Waals surface area contributed by atoms with Crippen molar-refractivity contribution >= 4 is 10.9 Å². The number of aromatic nitrogens is 1. The predicted molar refractivity (Wildman–Crippen MR) is 104 cm³/mol. The smallest absolute Gasteiger partial charge is 0.253 e. The molecule has 2 aromatic carbocycles. The molecule has 1 aromatic heterocycles. The zero-order valence-electron chi connectivity index (χ0n) is 15.6. The third-order valence-electron chi connectivity index (χ3n) is 5.09. The monoisotopic (exact) mass is 366 g/mol. The standard InChI is InChI=1S/C21H22N2O4/c1-25-14-5-4-13-8-16(21(24)23-17(13)10-14)20-15-11-19(27-3)18(26-2)9-12(15)6-7-22-20/h4-5,8-11,20,22H,6-7H2,1-3H3,(H,23,24)/t20-/m1/s1. The van der Waals surface area contributed by atoms with Crippen LogP contribution in [0.5, 0.6) is 17.2 Å². The van der Waals surface area contributed by atoms with Gasteiger partial charge in [0.05, 0.1) is 32.9 Å². The van der Waals surface area contributed by atoms with Crippen molar-refractivity contribution in [2.45, 2.75) is 12.5 Å². The summed E-state index contributed by atoms with van der Waals surface area (Å²) in [6.45, 7) is 0.785. The summed E-state index contributed by atoms with van der Waals surface area (Å²) in [6.07, 6.45) is 0.870. The second-order valence-electron chi connectivity index (χ2n) is 6.55. The molecule has 6 nitrogen and oxygen atoms in total. The van der Waals surface area contributed by atoms with E-state index < -0.39 is 0 Å². The first-order valence-corrected chi connectivity index (χ1v) is 8.83. The Kier molecular flexibility index (Phi) is 4.49. The second kappa shape index (κ2) is 6.96. The molecule has 0 saturated heterocycles. The van der Waals surface area contributed by atoms with Gasteiger partial charge in [-0.2, -0.15) is 0 Å². The Morgan fingerprint density at radius 1 is 0.926 bits per heavy atom. The van der Waals surface area contributed by atoms with E-state index in [-0.39, 0.29) is 11.6 Å². The highest BCUT2D eigenvalue weighted by atomic mass is 16.5. The molecule has 0 radical (unpaired) electrons. The fourth-order valence-electron chi connectivity index (χ4n) is 3.70. The first-order valence-electron chi connectivity index (χ1n) is 8.83. The molecular weight excluding hydrogens is 344 g/mol. The molecule has 0 saturated carbocycles. The normalized spacial score (nSPS) is 16.0. The molecule has 1 aliphatic heterocycles. The highest BCUT2D eigenvalue weighted by Gasteiger charge is 2.26. The number of methoxy groups -OCH3 is 3. The SMILES string of the molecule is COc1ccc2cc([C@@H]3NCCc4cc(OC)c(OC)cc43)c(=O)[nH]c2c1. The molecule has 4 rings (SSSR count). The van der Waals surface area contributed by atoms with Gasteiger partial charge in [-0.25, -0.2) is 0 Å². The Balaban J connectivity index is 1.85. The van der Waals surface area contributed by atoms with E-state index in [0.717, 1.165) is 35.0 Å². The average Bonchev–Trinajstić information content (AvgIpc) is 2.71. The third kappa shape index (κ3) is 3.02. The van der Waals surface area contributed by atoms with E-state index in [0.29, 0.717) is 22.8 Å². The van der Waals surface area contributed by atoms with Gasteiger partial charge in [-0.05, 0) is 53.3 Å². The summed E-state index contributed by atoms with van der Waals surface area (Å²) in [4.78, 5) is 15.8. The van der Waals surface area contributed by atoms with Gasteiger partial charge < -0.3 is 24.5 Å². The van der Waals surface area contributed by atoms with Crippen LogP contribution in [0.1, 0.15) is 22.7 Å². The molecule has 0 unspecified atom stereocenters. The maximum absolute atomic E-state index is 12.8. The van der Waals surface area contributed by atoms with Crippen LogP contribution in [0.15, 0.2) is 41.2 Å². The number of fused-ring (bicyclic) bond motifs is 2. The van der Waals surface area contributed by atoms with Crippen molar-refractivity contribution in [3.05, 3.63) is 63.4 Å². The van der Waals surface area contributed by atoms with Crippen LogP contribution in [-0.4, -0.2) is 32.9 Å². The summed E-state index contributed by atoms with van der Waals surface area (Å²) in [7, 11) is 4.86. The van der Waals surface area contributed by atoms with Gasteiger partial charge in [0.25, 0.3) is 5.56 Å². The summed E-state index contributed by atoms with van der Waals surface area (Å²) in [5, 5.41) is 4.43. The Morgan fingerprint density at radius 3 is 2.44 bits per heavy atom. The van der Waals surface area contributed by atoms with Crippen molar-refractivity contribution in [3.63, 3.8) is 0 Å². The Labute approximate surface area is 157 Å². The third-order valence-corrected chi connectivity index (χ3v) is 5.09. The number of nitrogens with one attached hydrogen (secondary N) is 2. The molecule has 0 amide bonds. The molecule has 3 aromatic rings. The van der Waals surface area contributed by atoms with Gasteiger partial charge in [-0.1, -0.05) is 0 Å². The first kappa shape index (κ1) is 17.4. The van der Waals surface area contributed by atoms with E-state index in [9.17, 15) is 4.79 Å². The van der Waals surface area contributed by atoms with E-state index in [4.69, 9.17) is 14.2 Å². The minimum Gasteiger partial charge on any atom is -0.497 e. The molecule has 1 atom stereocenters. The molecule has 1 aliphatic rings. The van der Waals surface area contributed by atoms with Gasteiger partial charge in [0.2, 0.25) is 0 Å². The zero-order valence-corrected chi connectivity index (χ0v) is 15.6. The fourth-order valence-corrected chi connectivity index (χ4v) is 3.70. The number of ether oxygens (including phenoxy) is 3. The number of benzene rings is 2. The van der Waals surface area contributed by atoms with Crippen molar-refractivity contribution in [2.24, 2.45) is 0 Å². The van der Waals surface area contributed by atoms with Crippen LogP contribution in [0.3, 0.4) is 0 Å². The molecule has 2 N–H and O–H groups in total. The summed E-state index contributed by atoms with van der Waals surface area (Å²) < 4.78 is 16.1.